The van der Waals surface area contributed by atoms with Crippen molar-refractivity contribution in [3.05, 3.63) is 39.0 Å². The highest BCUT2D eigenvalue weighted by molar-refractivity contribution is 14.1. The molecule has 4 atom stereocenters. The standard InChI is InChI=1S/C19H23IO7/c1-10-6-7-13(20)17(23)18(24)14(21)5-3-4-11-8-12(26-2)9-15(22)16(11)19(25)27-10/h3-4,7-10,14,17-18,21-24H,5-6H2,1-2H3/b4-3+,13-7+. The van der Waals surface area contributed by atoms with Crippen LogP contribution in [0.2, 0.25) is 0 Å². The van der Waals surface area contributed by atoms with Crippen molar-refractivity contribution in [3.63, 3.8) is 0 Å². The fourth-order valence-corrected chi connectivity index (χ4v) is 3.25. The van der Waals surface area contributed by atoms with Crippen molar-refractivity contribution in [2.45, 2.75) is 44.2 Å². The van der Waals surface area contributed by atoms with E-state index in [9.17, 15) is 25.2 Å². The molecule has 0 amide bonds. The second kappa shape index (κ2) is 9.54. The molecule has 27 heavy (non-hydrogen) atoms. The number of aromatic hydroxyl groups is 1. The van der Waals surface area contributed by atoms with Crippen molar-refractivity contribution in [2.24, 2.45) is 0 Å². The maximum absolute atomic E-state index is 12.6. The highest BCUT2D eigenvalue weighted by Gasteiger charge is 2.27. The van der Waals surface area contributed by atoms with Gasteiger partial charge in [0.2, 0.25) is 0 Å². The van der Waals surface area contributed by atoms with Gasteiger partial charge in [-0.05, 0) is 47.6 Å². The van der Waals surface area contributed by atoms with E-state index in [0.29, 0.717) is 21.3 Å². The van der Waals surface area contributed by atoms with Gasteiger partial charge < -0.3 is 29.9 Å². The lowest BCUT2D eigenvalue weighted by molar-refractivity contribution is -0.0400. The Bertz CT molecular complexity index is 744. The molecule has 0 saturated carbocycles. The molecule has 0 spiro atoms. The quantitative estimate of drug-likeness (QED) is 0.352. The smallest absolute Gasteiger partial charge is 0.342 e. The van der Waals surface area contributed by atoms with Gasteiger partial charge in [0.1, 0.15) is 35.4 Å². The summed E-state index contributed by atoms with van der Waals surface area (Å²) in [5, 5.41) is 40.7. The number of carbonyl (C=O) groups excluding carboxylic acids is 1. The van der Waals surface area contributed by atoms with Gasteiger partial charge in [-0.25, -0.2) is 4.79 Å². The van der Waals surface area contributed by atoms with Crippen molar-refractivity contribution in [1.29, 1.82) is 0 Å². The molecule has 7 nitrogen and oxygen atoms in total. The summed E-state index contributed by atoms with van der Waals surface area (Å²) < 4.78 is 10.9. The van der Waals surface area contributed by atoms with Gasteiger partial charge in [0.25, 0.3) is 0 Å². The van der Waals surface area contributed by atoms with Gasteiger partial charge >= 0.3 is 5.97 Å². The number of hydrogen-bond donors (Lipinski definition) is 4. The lowest BCUT2D eigenvalue weighted by atomic mass is 10.0. The fraction of sp³-hybridized carbons (Fsp3) is 0.421. The van der Waals surface area contributed by atoms with Crippen molar-refractivity contribution in [1.82, 2.24) is 0 Å². The highest BCUT2D eigenvalue weighted by atomic mass is 127. The SMILES string of the molecule is COc1cc(O)c2c(c1)/C=C/CC(O)C(O)C(O)/C(I)=C\CC(C)OC2=O. The highest BCUT2D eigenvalue weighted by Crippen LogP contribution is 2.30. The topological polar surface area (TPSA) is 116 Å². The first-order chi connectivity index (χ1) is 12.7. The Morgan fingerprint density at radius 1 is 1.22 bits per heavy atom. The minimum Gasteiger partial charge on any atom is -0.507 e. The van der Waals surface area contributed by atoms with E-state index in [4.69, 9.17) is 9.47 Å². The van der Waals surface area contributed by atoms with E-state index >= 15 is 0 Å². The summed E-state index contributed by atoms with van der Waals surface area (Å²) in [6.07, 6.45) is 0.692. The average molecular weight is 490 g/mol. The van der Waals surface area contributed by atoms with Crippen LogP contribution in [0.4, 0.5) is 0 Å². The zero-order valence-electron chi connectivity index (χ0n) is 15.0. The molecule has 4 unspecified atom stereocenters. The van der Waals surface area contributed by atoms with Crippen LogP contribution in [0.1, 0.15) is 35.7 Å². The molecule has 2 rings (SSSR count). The number of phenolic OH excluding ortho intramolecular Hbond substituents is 1. The second-order valence-electron chi connectivity index (χ2n) is 6.29. The third kappa shape index (κ3) is 5.44. The summed E-state index contributed by atoms with van der Waals surface area (Å²) in [7, 11) is 1.43. The molecule has 1 aromatic rings. The largest absolute Gasteiger partial charge is 0.507 e. The van der Waals surface area contributed by atoms with Gasteiger partial charge in [0, 0.05) is 16.1 Å². The summed E-state index contributed by atoms with van der Waals surface area (Å²) in [4.78, 5) is 12.6. The first kappa shape index (κ1) is 21.7. The third-order valence-electron chi connectivity index (χ3n) is 4.19. The van der Waals surface area contributed by atoms with Gasteiger partial charge in [0.15, 0.2) is 0 Å². The van der Waals surface area contributed by atoms with E-state index in [1.807, 2.05) is 22.6 Å². The van der Waals surface area contributed by atoms with Gasteiger partial charge in [0.05, 0.1) is 13.2 Å². The predicted octanol–water partition coefficient (Wildman–Crippen LogP) is 2.15. The van der Waals surface area contributed by atoms with E-state index in [-0.39, 0.29) is 17.7 Å². The molecule has 0 radical (unpaired) electrons. The number of methoxy groups -OCH3 is 1. The molecule has 1 heterocycles. The minimum absolute atomic E-state index is 0.00953. The number of aliphatic hydroxyl groups excluding tert-OH is 3. The molecule has 1 aliphatic rings. The molecule has 0 fully saturated rings. The molecule has 148 valence electrons. The average Bonchev–Trinajstić information content (AvgIpc) is 2.63. The third-order valence-corrected chi connectivity index (χ3v) is 5.27. The number of aliphatic hydroxyl groups is 3. The molecule has 4 N–H and O–H groups in total. The molecular formula is C19H23IO7. The first-order valence-corrected chi connectivity index (χ1v) is 9.50. The molecule has 1 aromatic carbocycles. The zero-order valence-corrected chi connectivity index (χ0v) is 17.2. The van der Waals surface area contributed by atoms with Crippen LogP contribution < -0.4 is 4.74 Å². The summed E-state index contributed by atoms with van der Waals surface area (Å²) >= 11 is 1.88. The minimum atomic E-state index is -1.36. The molecule has 0 bridgehead atoms. The van der Waals surface area contributed by atoms with Crippen LogP contribution in [0.3, 0.4) is 0 Å². The summed E-state index contributed by atoms with van der Waals surface area (Å²) in [5.74, 6) is -0.616. The maximum atomic E-state index is 12.6. The Balaban J connectivity index is 2.47. The number of rotatable bonds is 1. The lowest BCUT2D eigenvalue weighted by Crippen LogP contribution is -2.37. The van der Waals surface area contributed by atoms with E-state index in [0.717, 1.165) is 0 Å². The fourth-order valence-electron chi connectivity index (χ4n) is 2.63. The van der Waals surface area contributed by atoms with Gasteiger partial charge in [-0.2, -0.15) is 0 Å². The van der Waals surface area contributed by atoms with Crippen molar-refractivity contribution in [3.8, 4) is 11.5 Å². The van der Waals surface area contributed by atoms with Crippen LogP contribution in [0.5, 0.6) is 11.5 Å². The summed E-state index contributed by atoms with van der Waals surface area (Å²) in [6, 6.07) is 2.88. The van der Waals surface area contributed by atoms with Gasteiger partial charge in [-0.15, -0.1) is 0 Å². The number of carbonyl (C=O) groups is 1. The molecule has 8 heteroatoms. The Morgan fingerprint density at radius 3 is 2.59 bits per heavy atom. The van der Waals surface area contributed by atoms with E-state index in [1.54, 1.807) is 19.1 Å². The summed E-state index contributed by atoms with van der Waals surface area (Å²) in [6.45, 7) is 1.68. The van der Waals surface area contributed by atoms with Crippen molar-refractivity contribution in [2.75, 3.05) is 7.11 Å². The predicted molar refractivity (Wildman–Crippen MR) is 108 cm³/mol. The zero-order chi connectivity index (χ0) is 20.1. The van der Waals surface area contributed by atoms with Crippen LogP contribution in [-0.2, 0) is 4.74 Å². The molecule has 0 aliphatic carbocycles. The van der Waals surface area contributed by atoms with Gasteiger partial charge in [-0.1, -0.05) is 18.2 Å². The molecule has 0 aromatic heterocycles. The lowest BCUT2D eigenvalue weighted by Gasteiger charge is -2.23. The van der Waals surface area contributed by atoms with Crippen molar-refractivity contribution < 1.29 is 34.7 Å². The number of benzene rings is 1. The monoisotopic (exact) mass is 490 g/mol. The number of ether oxygens (including phenoxy) is 2. The number of hydrogen-bond acceptors (Lipinski definition) is 7. The number of halogens is 1. The van der Waals surface area contributed by atoms with Crippen LogP contribution in [0.25, 0.3) is 6.08 Å². The summed E-state index contributed by atoms with van der Waals surface area (Å²) in [5.41, 5.74) is 0.346. The Hall–Kier alpha value is -1.62. The van der Waals surface area contributed by atoms with Crippen LogP contribution in [0.15, 0.2) is 27.9 Å². The Labute approximate surface area is 171 Å². The number of cyclic esters (lactones) is 1. The van der Waals surface area contributed by atoms with E-state index in [2.05, 4.69) is 0 Å². The van der Waals surface area contributed by atoms with Crippen LogP contribution in [-0.4, -0.2) is 57.9 Å². The number of esters is 1. The molecular weight excluding hydrogens is 467 g/mol. The first-order valence-electron chi connectivity index (χ1n) is 8.42. The van der Waals surface area contributed by atoms with Crippen molar-refractivity contribution >= 4 is 34.6 Å². The van der Waals surface area contributed by atoms with Crippen LogP contribution in [0, 0.1) is 0 Å². The molecule has 1 aliphatic heterocycles. The Kier molecular flexibility index (Phi) is 7.66. The number of phenols is 1. The Morgan fingerprint density at radius 2 is 1.93 bits per heavy atom. The normalized spacial score (nSPS) is 30.3. The molecule has 0 saturated heterocycles. The second-order valence-corrected chi connectivity index (χ2v) is 7.54. The van der Waals surface area contributed by atoms with E-state index < -0.39 is 30.4 Å². The van der Waals surface area contributed by atoms with Crippen LogP contribution >= 0.6 is 22.6 Å². The van der Waals surface area contributed by atoms with E-state index in [1.165, 1.54) is 25.3 Å². The van der Waals surface area contributed by atoms with Gasteiger partial charge in [-0.3, -0.25) is 0 Å². The maximum Gasteiger partial charge on any atom is 0.342 e. The number of fused-ring (bicyclic) bond motifs is 1.